The zero-order valence-electron chi connectivity index (χ0n) is 8.16. The van der Waals surface area contributed by atoms with Crippen LogP contribution in [0.15, 0.2) is 0 Å². The van der Waals surface area contributed by atoms with Crippen molar-refractivity contribution in [3.8, 4) is 0 Å². The third kappa shape index (κ3) is 0.510. The van der Waals surface area contributed by atoms with Crippen molar-refractivity contribution in [1.82, 2.24) is 0 Å². The van der Waals surface area contributed by atoms with Crippen molar-refractivity contribution in [2.24, 2.45) is 28.9 Å². The van der Waals surface area contributed by atoms with Gasteiger partial charge in [0.05, 0.1) is 0 Å². The number of carbonyl (C=O) groups is 1. The maximum atomic E-state index is 10.9. The number of hydrogen-bond donors (Lipinski definition) is 1. The molecule has 4 rings (SSSR count). The first-order valence-corrected chi connectivity index (χ1v) is 5.65. The molecule has 3 heteroatoms. The molecule has 1 amide bonds. The molecule has 0 heterocycles. The van der Waals surface area contributed by atoms with Gasteiger partial charge >= 0.3 is 6.09 Å². The molecule has 4 saturated carbocycles. The number of fused-ring (bicyclic) bond motifs is 1. The van der Waals surface area contributed by atoms with Crippen molar-refractivity contribution in [3.63, 3.8) is 0 Å². The third-order valence-electron chi connectivity index (χ3n) is 5.61. The van der Waals surface area contributed by atoms with Crippen LogP contribution < -0.4 is 5.73 Å². The fourth-order valence-corrected chi connectivity index (χ4v) is 5.46. The Labute approximate surface area is 83.0 Å². The van der Waals surface area contributed by atoms with Gasteiger partial charge in [-0.05, 0) is 49.9 Å². The van der Waals surface area contributed by atoms with Gasteiger partial charge < -0.3 is 10.5 Å². The molecule has 0 aromatic heterocycles. The Kier molecular flexibility index (Phi) is 0.981. The summed E-state index contributed by atoms with van der Waals surface area (Å²) in [4.78, 5) is 10.9. The van der Waals surface area contributed by atoms with Gasteiger partial charge in [0.25, 0.3) is 0 Å². The summed E-state index contributed by atoms with van der Waals surface area (Å²) < 4.78 is 5.46. The Morgan fingerprint density at radius 1 is 1.21 bits per heavy atom. The molecule has 4 aliphatic carbocycles. The van der Waals surface area contributed by atoms with Crippen molar-refractivity contribution in [1.29, 1.82) is 0 Å². The van der Waals surface area contributed by atoms with Crippen molar-refractivity contribution >= 4 is 6.09 Å². The average molecular weight is 193 g/mol. The smallest absolute Gasteiger partial charge is 0.405 e. The summed E-state index contributed by atoms with van der Waals surface area (Å²) in [5.74, 6) is 2.55. The molecule has 4 aliphatic rings. The highest BCUT2D eigenvalue weighted by molar-refractivity contribution is 5.66. The van der Waals surface area contributed by atoms with Crippen LogP contribution in [0.3, 0.4) is 0 Å². The van der Waals surface area contributed by atoms with E-state index in [0.29, 0.717) is 5.41 Å². The van der Waals surface area contributed by atoms with Gasteiger partial charge in [0.15, 0.2) is 0 Å². The highest BCUT2D eigenvalue weighted by Gasteiger charge is 2.82. The van der Waals surface area contributed by atoms with Crippen molar-refractivity contribution in [2.45, 2.75) is 37.7 Å². The monoisotopic (exact) mass is 193 g/mol. The van der Waals surface area contributed by atoms with Crippen LogP contribution in [0.1, 0.15) is 32.1 Å². The Bertz CT molecular complexity index is 342. The predicted molar refractivity (Wildman–Crippen MR) is 49.4 cm³/mol. The third-order valence-corrected chi connectivity index (χ3v) is 5.61. The van der Waals surface area contributed by atoms with Gasteiger partial charge in [-0.25, -0.2) is 4.79 Å². The van der Waals surface area contributed by atoms with E-state index in [-0.39, 0.29) is 5.60 Å². The van der Waals surface area contributed by atoms with E-state index in [9.17, 15) is 4.79 Å². The zero-order chi connectivity index (χ0) is 9.55. The van der Waals surface area contributed by atoms with E-state index in [4.69, 9.17) is 10.5 Å². The fraction of sp³-hybridized carbons (Fsp3) is 0.909. The molecule has 2 bridgehead atoms. The Balaban J connectivity index is 1.74. The maximum absolute atomic E-state index is 10.9. The second-order valence-corrected chi connectivity index (χ2v) is 5.80. The molecule has 5 atom stereocenters. The van der Waals surface area contributed by atoms with Gasteiger partial charge in [0, 0.05) is 5.41 Å². The molecule has 0 radical (unpaired) electrons. The van der Waals surface area contributed by atoms with Gasteiger partial charge in [-0.1, -0.05) is 0 Å². The molecule has 14 heavy (non-hydrogen) atoms. The summed E-state index contributed by atoms with van der Waals surface area (Å²) in [6, 6.07) is 0. The first-order valence-electron chi connectivity index (χ1n) is 5.65. The van der Waals surface area contributed by atoms with Crippen LogP contribution in [0.2, 0.25) is 0 Å². The van der Waals surface area contributed by atoms with Crippen LogP contribution in [-0.4, -0.2) is 11.7 Å². The van der Waals surface area contributed by atoms with Crippen LogP contribution in [0.4, 0.5) is 4.79 Å². The summed E-state index contributed by atoms with van der Waals surface area (Å²) in [6.45, 7) is 0. The van der Waals surface area contributed by atoms with Crippen LogP contribution in [-0.2, 0) is 4.74 Å². The molecule has 0 aromatic rings. The van der Waals surface area contributed by atoms with E-state index in [2.05, 4.69) is 0 Å². The van der Waals surface area contributed by atoms with Crippen molar-refractivity contribution < 1.29 is 9.53 Å². The number of amides is 1. The number of ether oxygens (including phenoxy) is 1. The summed E-state index contributed by atoms with van der Waals surface area (Å²) >= 11 is 0. The topological polar surface area (TPSA) is 52.3 Å². The number of nitrogens with two attached hydrogens (primary N) is 1. The number of primary amides is 1. The molecule has 3 nitrogen and oxygen atoms in total. The minimum Gasteiger partial charge on any atom is -0.442 e. The first-order chi connectivity index (χ1) is 6.66. The lowest BCUT2D eigenvalue weighted by atomic mass is 9.36. The number of carbonyl (C=O) groups excluding carboxylic acids is 1. The van der Waals surface area contributed by atoms with E-state index in [0.717, 1.165) is 30.6 Å². The first kappa shape index (κ1) is 7.55. The molecule has 0 aromatic carbocycles. The van der Waals surface area contributed by atoms with Crippen molar-refractivity contribution in [2.75, 3.05) is 0 Å². The normalized spacial score (nSPS) is 61.3. The number of rotatable bonds is 1. The largest absolute Gasteiger partial charge is 0.442 e. The minimum absolute atomic E-state index is 0.102. The van der Waals surface area contributed by atoms with Crippen LogP contribution in [0.5, 0.6) is 0 Å². The van der Waals surface area contributed by atoms with Gasteiger partial charge in [0.2, 0.25) is 0 Å². The van der Waals surface area contributed by atoms with E-state index in [1.165, 1.54) is 19.3 Å². The molecule has 5 unspecified atom stereocenters. The molecule has 1 spiro atoms. The quantitative estimate of drug-likeness (QED) is 0.688. The molecular weight excluding hydrogens is 178 g/mol. The number of hydrogen-bond acceptors (Lipinski definition) is 2. The Hall–Kier alpha value is -0.730. The SMILES string of the molecule is NC(=O)OC12CC3CC4CC(C1)C42C3. The molecule has 2 N–H and O–H groups in total. The summed E-state index contributed by atoms with van der Waals surface area (Å²) in [5, 5.41) is 0. The van der Waals surface area contributed by atoms with Gasteiger partial charge in [0.1, 0.15) is 5.60 Å². The Morgan fingerprint density at radius 2 is 2.07 bits per heavy atom. The van der Waals surface area contributed by atoms with Crippen LogP contribution in [0.25, 0.3) is 0 Å². The molecule has 0 aliphatic heterocycles. The van der Waals surface area contributed by atoms with E-state index >= 15 is 0 Å². The Morgan fingerprint density at radius 3 is 2.71 bits per heavy atom. The van der Waals surface area contributed by atoms with E-state index in [1.54, 1.807) is 0 Å². The predicted octanol–water partition coefficient (Wildman–Crippen LogP) is 1.66. The average Bonchev–Trinajstić information content (AvgIpc) is 2.49. The van der Waals surface area contributed by atoms with Gasteiger partial charge in [-0.15, -0.1) is 0 Å². The van der Waals surface area contributed by atoms with E-state index in [1.807, 2.05) is 0 Å². The maximum Gasteiger partial charge on any atom is 0.405 e. The second kappa shape index (κ2) is 1.82. The van der Waals surface area contributed by atoms with Crippen LogP contribution in [0, 0.1) is 23.2 Å². The molecular formula is C11H15NO2. The molecule has 0 saturated heterocycles. The molecule has 4 fully saturated rings. The van der Waals surface area contributed by atoms with Gasteiger partial charge in [-0.2, -0.15) is 0 Å². The fourth-order valence-electron chi connectivity index (χ4n) is 5.46. The van der Waals surface area contributed by atoms with Gasteiger partial charge in [-0.3, -0.25) is 0 Å². The highest BCUT2D eigenvalue weighted by Crippen LogP contribution is 2.83. The summed E-state index contributed by atoms with van der Waals surface area (Å²) in [6.07, 6.45) is 5.73. The lowest BCUT2D eigenvalue weighted by molar-refractivity contribution is -0.280. The lowest BCUT2D eigenvalue weighted by Crippen LogP contribution is -2.72. The minimum atomic E-state index is -0.559. The standard InChI is InChI=1S/C11H15NO2/c12-9(13)14-10-3-6-1-7-2-8(5-10)11(7,10)4-6/h6-8H,1-5H2,(H2,12,13). The van der Waals surface area contributed by atoms with E-state index < -0.39 is 6.09 Å². The molecule has 76 valence electrons. The van der Waals surface area contributed by atoms with Crippen LogP contribution >= 0.6 is 0 Å². The summed E-state index contributed by atoms with van der Waals surface area (Å²) in [5.41, 5.74) is 5.49. The lowest BCUT2D eigenvalue weighted by Gasteiger charge is -2.71. The van der Waals surface area contributed by atoms with Crippen molar-refractivity contribution in [3.05, 3.63) is 0 Å². The summed E-state index contributed by atoms with van der Waals surface area (Å²) in [7, 11) is 0. The second-order valence-electron chi connectivity index (χ2n) is 5.80. The highest BCUT2D eigenvalue weighted by atomic mass is 16.6. The zero-order valence-corrected chi connectivity index (χ0v) is 8.16.